The van der Waals surface area contributed by atoms with Crippen LogP contribution in [0, 0.1) is 0 Å². The van der Waals surface area contributed by atoms with Crippen molar-refractivity contribution in [3.05, 3.63) is 50.6 Å². The van der Waals surface area contributed by atoms with Crippen LogP contribution in [0.15, 0.2) is 41.3 Å². The van der Waals surface area contributed by atoms with Crippen LogP contribution in [-0.4, -0.2) is 15.0 Å². The van der Waals surface area contributed by atoms with Crippen LogP contribution in [0.3, 0.4) is 0 Å². The lowest BCUT2D eigenvalue weighted by atomic mass is 10.2. The van der Waals surface area contributed by atoms with Gasteiger partial charge in [0.15, 0.2) is 0 Å². The van der Waals surface area contributed by atoms with Crippen molar-refractivity contribution in [2.45, 2.75) is 9.72 Å². The lowest BCUT2D eigenvalue weighted by Gasteiger charge is -2.11. The second-order valence-corrected chi connectivity index (χ2v) is 9.04. The standard InChI is InChI=1S/C12H10BrCl2NO2S2/c13-9(8-4-2-1-3-5-8)7-16-20(17,18)10-6-11(14)19-12(10)15/h1-6,9,16H,7H2. The minimum atomic E-state index is -3.66. The zero-order chi connectivity index (χ0) is 14.8. The first-order valence-corrected chi connectivity index (χ1v) is 9.51. The minimum Gasteiger partial charge on any atom is -0.210 e. The van der Waals surface area contributed by atoms with Crippen molar-refractivity contribution in [3.63, 3.8) is 0 Å². The molecule has 2 aromatic rings. The number of halogens is 3. The molecule has 0 saturated heterocycles. The number of sulfonamides is 1. The zero-order valence-corrected chi connectivity index (χ0v) is 14.7. The van der Waals surface area contributed by atoms with Crippen LogP contribution in [-0.2, 0) is 10.0 Å². The summed E-state index contributed by atoms with van der Waals surface area (Å²) < 4.78 is 27.3. The molecule has 108 valence electrons. The lowest BCUT2D eigenvalue weighted by molar-refractivity contribution is 0.582. The number of hydrogen-bond acceptors (Lipinski definition) is 3. The molecule has 1 atom stereocenters. The topological polar surface area (TPSA) is 46.2 Å². The Labute approximate surface area is 140 Å². The van der Waals surface area contributed by atoms with E-state index in [1.807, 2.05) is 30.3 Å². The predicted molar refractivity (Wildman–Crippen MR) is 87.6 cm³/mol. The number of benzene rings is 1. The van der Waals surface area contributed by atoms with Crippen LogP contribution in [0.25, 0.3) is 0 Å². The van der Waals surface area contributed by atoms with E-state index in [4.69, 9.17) is 23.2 Å². The van der Waals surface area contributed by atoms with Crippen molar-refractivity contribution in [3.8, 4) is 0 Å². The summed E-state index contributed by atoms with van der Waals surface area (Å²) in [5, 5.41) is 0. The molecule has 8 heteroatoms. The molecule has 2 rings (SSSR count). The fourth-order valence-electron chi connectivity index (χ4n) is 1.55. The SMILES string of the molecule is O=S(=O)(NCC(Br)c1ccccc1)c1cc(Cl)sc1Cl. The fraction of sp³-hybridized carbons (Fsp3) is 0.167. The van der Waals surface area contributed by atoms with Crippen molar-refractivity contribution < 1.29 is 8.42 Å². The monoisotopic (exact) mass is 413 g/mol. The summed E-state index contributed by atoms with van der Waals surface area (Å²) in [5.74, 6) is 0. The predicted octanol–water partition coefficient (Wildman–Crippen LogP) is 4.47. The first kappa shape index (κ1) is 16.3. The maximum absolute atomic E-state index is 12.1. The summed E-state index contributed by atoms with van der Waals surface area (Å²) in [6.45, 7) is 0.218. The number of nitrogens with one attached hydrogen (secondary N) is 1. The van der Waals surface area contributed by atoms with E-state index in [1.165, 1.54) is 6.07 Å². The summed E-state index contributed by atoms with van der Waals surface area (Å²) in [4.78, 5) is -0.103. The smallest absolute Gasteiger partial charge is 0.210 e. The van der Waals surface area contributed by atoms with Gasteiger partial charge in [0.25, 0.3) is 0 Å². The van der Waals surface area contributed by atoms with E-state index in [2.05, 4.69) is 20.7 Å². The second-order valence-electron chi connectivity index (χ2n) is 3.92. The van der Waals surface area contributed by atoms with E-state index in [1.54, 1.807) is 0 Å². The maximum atomic E-state index is 12.1. The minimum absolute atomic E-state index is 0.0157. The van der Waals surface area contributed by atoms with Gasteiger partial charge in [0, 0.05) is 6.54 Å². The Morgan fingerprint density at radius 2 is 1.90 bits per heavy atom. The first-order valence-electron chi connectivity index (χ1n) is 5.53. The number of hydrogen-bond donors (Lipinski definition) is 1. The fourth-order valence-corrected chi connectivity index (χ4v) is 5.42. The van der Waals surface area contributed by atoms with Crippen LogP contribution in [0.2, 0.25) is 8.67 Å². The normalized spacial score (nSPS) is 13.3. The van der Waals surface area contributed by atoms with Gasteiger partial charge in [-0.2, -0.15) is 0 Å². The molecule has 0 saturated carbocycles. The number of rotatable bonds is 5. The van der Waals surface area contributed by atoms with Crippen LogP contribution in [0.4, 0.5) is 0 Å². The van der Waals surface area contributed by atoms with Gasteiger partial charge in [0.05, 0.1) is 9.16 Å². The highest BCUT2D eigenvalue weighted by molar-refractivity contribution is 9.09. The van der Waals surface area contributed by atoms with E-state index < -0.39 is 10.0 Å². The largest absolute Gasteiger partial charge is 0.243 e. The Bertz CT molecular complexity index is 689. The third-order valence-corrected chi connectivity index (χ3v) is 6.56. The molecular weight excluding hydrogens is 405 g/mol. The van der Waals surface area contributed by atoms with E-state index in [9.17, 15) is 8.42 Å². The van der Waals surface area contributed by atoms with E-state index >= 15 is 0 Å². The molecule has 1 unspecified atom stereocenters. The quantitative estimate of drug-likeness (QED) is 0.733. The Kier molecular flexibility index (Phi) is 5.50. The van der Waals surface area contributed by atoms with Crippen LogP contribution < -0.4 is 4.72 Å². The maximum Gasteiger partial charge on any atom is 0.243 e. The average molecular weight is 415 g/mol. The van der Waals surface area contributed by atoms with Crippen molar-refractivity contribution in [2.75, 3.05) is 6.54 Å². The Balaban J connectivity index is 2.08. The molecule has 20 heavy (non-hydrogen) atoms. The highest BCUT2D eigenvalue weighted by Crippen LogP contribution is 2.34. The molecule has 0 aliphatic heterocycles. The van der Waals surface area contributed by atoms with Gasteiger partial charge in [0.2, 0.25) is 10.0 Å². The van der Waals surface area contributed by atoms with Gasteiger partial charge in [-0.1, -0.05) is 69.5 Å². The molecule has 0 aliphatic carbocycles. The second kappa shape index (κ2) is 6.77. The molecule has 0 bridgehead atoms. The molecule has 0 amide bonds. The third kappa shape index (κ3) is 3.96. The summed E-state index contributed by atoms with van der Waals surface area (Å²) in [5.41, 5.74) is 0.990. The van der Waals surface area contributed by atoms with E-state index in [0.29, 0.717) is 4.34 Å². The van der Waals surface area contributed by atoms with E-state index in [-0.39, 0.29) is 20.6 Å². The van der Waals surface area contributed by atoms with Gasteiger partial charge >= 0.3 is 0 Å². The van der Waals surface area contributed by atoms with Crippen molar-refractivity contribution >= 4 is 60.5 Å². The molecule has 3 nitrogen and oxygen atoms in total. The van der Waals surface area contributed by atoms with Crippen molar-refractivity contribution in [1.82, 2.24) is 4.72 Å². The Morgan fingerprint density at radius 1 is 1.25 bits per heavy atom. The lowest BCUT2D eigenvalue weighted by Crippen LogP contribution is -2.26. The van der Waals surface area contributed by atoms with E-state index in [0.717, 1.165) is 16.9 Å². The molecule has 0 spiro atoms. The third-order valence-electron chi connectivity index (χ3n) is 2.53. The highest BCUT2D eigenvalue weighted by Gasteiger charge is 2.22. The summed E-state index contributed by atoms with van der Waals surface area (Å²) >= 11 is 16.1. The molecule has 0 radical (unpaired) electrons. The molecule has 0 fully saturated rings. The molecular formula is C12H10BrCl2NO2S2. The van der Waals surface area contributed by atoms with Gasteiger partial charge in [0.1, 0.15) is 9.23 Å². The number of thiophene rings is 1. The molecule has 1 N–H and O–H groups in total. The molecule has 0 aliphatic rings. The summed E-state index contributed by atoms with van der Waals surface area (Å²) in [6.07, 6.45) is 0. The Hall–Kier alpha value is -0.110. The van der Waals surface area contributed by atoms with Crippen LogP contribution >= 0.6 is 50.5 Å². The van der Waals surface area contributed by atoms with Gasteiger partial charge in [-0.25, -0.2) is 13.1 Å². The summed E-state index contributed by atoms with van der Waals surface area (Å²) in [6, 6.07) is 10.9. The molecule has 1 aromatic heterocycles. The zero-order valence-electron chi connectivity index (χ0n) is 10.0. The average Bonchev–Trinajstić information content (AvgIpc) is 2.77. The van der Waals surface area contributed by atoms with Gasteiger partial charge < -0.3 is 0 Å². The highest BCUT2D eigenvalue weighted by atomic mass is 79.9. The summed E-state index contributed by atoms with van der Waals surface area (Å²) in [7, 11) is -3.66. The Morgan fingerprint density at radius 3 is 2.45 bits per heavy atom. The van der Waals surface area contributed by atoms with Gasteiger partial charge in [-0.05, 0) is 11.6 Å². The van der Waals surface area contributed by atoms with Gasteiger partial charge in [-0.15, -0.1) is 11.3 Å². The van der Waals surface area contributed by atoms with Crippen LogP contribution in [0.5, 0.6) is 0 Å². The number of alkyl halides is 1. The van der Waals surface area contributed by atoms with Crippen molar-refractivity contribution in [2.24, 2.45) is 0 Å². The van der Waals surface area contributed by atoms with Crippen molar-refractivity contribution in [1.29, 1.82) is 0 Å². The first-order chi connectivity index (χ1) is 9.40. The molecule has 1 heterocycles. The van der Waals surface area contributed by atoms with Crippen LogP contribution in [0.1, 0.15) is 10.4 Å². The van der Waals surface area contributed by atoms with Gasteiger partial charge in [-0.3, -0.25) is 0 Å². The molecule has 1 aromatic carbocycles.